The Bertz CT molecular complexity index is 271. The van der Waals surface area contributed by atoms with Gasteiger partial charge in [0.15, 0.2) is 5.82 Å². The number of tetrazole rings is 1. The third kappa shape index (κ3) is 3.58. The average Bonchev–Trinajstić information content (AvgIpc) is 2.71. The maximum atomic E-state index is 4.03. The number of hydrogen-bond donors (Lipinski definition) is 1. The predicted octanol–water partition coefficient (Wildman–Crippen LogP) is 1.53. The largest absolute Gasteiger partial charge is 0.311 e. The highest BCUT2D eigenvalue weighted by atomic mass is 15.5. The first-order chi connectivity index (χ1) is 7.29. The molecule has 86 valence electrons. The summed E-state index contributed by atoms with van der Waals surface area (Å²) in [5.41, 5.74) is 0. The highest BCUT2D eigenvalue weighted by Gasteiger charge is 2.11. The van der Waals surface area contributed by atoms with E-state index in [9.17, 15) is 0 Å². The second-order valence-corrected chi connectivity index (χ2v) is 3.83. The van der Waals surface area contributed by atoms with Crippen LogP contribution in [0.5, 0.6) is 0 Å². The highest BCUT2D eigenvalue weighted by Crippen LogP contribution is 2.08. The molecule has 0 spiro atoms. The zero-order valence-corrected chi connectivity index (χ0v) is 9.90. The van der Waals surface area contributed by atoms with Crippen molar-refractivity contribution < 1.29 is 0 Å². The van der Waals surface area contributed by atoms with E-state index < -0.39 is 0 Å². The van der Waals surface area contributed by atoms with Gasteiger partial charge in [0, 0.05) is 6.54 Å². The smallest absolute Gasteiger partial charge is 0.167 e. The Balaban J connectivity index is 2.43. The van der Waals surface area contributed by atoms with E-state index in [1.807, 2.05) is 11.7 Å². The fourth-order valence-corrected chi connectivity index (χ4v) is 1.50. The molecule has 15 heavy (non-hydrogen) atoms. The molecule has 5 nitrogen and oxygen atoms in total. The molecule has 0 amide bonds. The number of aromatic nitrogens is 4. The Labute approximate surface area is 91.2 Å². The molecule has 0 aromatic carbocycles. The molecule has 0 aliphatic carbocycles. The molecule has 0 bridgehead atoms. The van der Waals surface area contributed by atoms with Gasteiger partial charge in [-0.15, -0.1) is 5.10 Å². The molecule has 1 N–H and O–H groups in total. The van der Waals surface area contributed by atoms with Crippen molar-refractivity contribution in [1.29, 1.82) is 0 Å². The van der Waals surface area contributed by atoms with Crippen LogP contribution in [0.1, 0.15) is 51.4 Å². The van der Waals surface area contributed by atoms with E-state index >= 15 is 0 Å². The number of nitrogens with one attached hydrogen (secondary N) is 1. The van der Waals surface area contributed by atoms with Crippen molar-refractivity contribution in [3.63, 3.8) is 0 Å². The SMILES string of the molecule is CCCCCCn1nnnc1C(C)NC. The second kappa shape index (κ2) is 6.50. The van der Waals surface area contributed by atoms with Crippen molar-refractivity contribution in [2.45, 2.75) is 52.1 Å². The lowest BCUT2D eigenvalue weighted by Crippen LogP contribution is -2.18. The molecule has 0 saturated carbocycles. The van der Waals surface area contributed by atoms with Crippen LogP contribution in [-0.4, -0.2) is 27.3 Å². The first kappa shape index (κ1) is 12.1. The van der Waals surface area contributed by atoms with E-state index in [0.717, 1.165) is 18.8 Å². The summed E-state index contributed by atoms with van der Waals surface area (Å²) in [6.45, 7) is 5.20. The summed E-state index contributed by atoms with van der Waals surface area (Å²) in [6.07, 6.45) is 4.96. The molecule has 1 atom stereocenters. The molecular weight excluding hydrogens is 190 g/mol. The van der Waals surface area contributed by atoms with Gasteiger partial charge in [-0.3, -0.25) is 0 Å². The number of aryl methyl sites for hydroxylation is 1. The average molecular weight is 211 g/mol. The summed E-state index contributed by atoms with van der Waals surface area (Å²) in [5.74, 6) is 0.925. The van der Waals surface area contributed by atoms with Gasteiger partial charge in [0.25, 0.3) is 0 Å². The van der Waals surface area contributed by atoms with E-state index in [-0.39, 0.29) is 6.04 Å². The Kier molecular flexibility index (Phi) is 5.25. The summed E-state index contributed by atoms with van der Waals surface area (Å²) in [5, 5.41) is 14.9. The Morgan fingerprint density at radius 2 is 2.13 bits per heavy atom. The van der Waals surface area contributed by atoms with Gasteiger partial charge in [0.1, 0.15) is 0 Å². The van der Waals surface area contributed by atoms with Crippen LogP contribution < -0.4 is 5.32 Å². The van der Waals surface area contributed by atoms with Crippen molar-refractivity contribution in [2.24, 2.45) is 0 Å². The Morgan fingerprint density at radius 3 is 2.80 bits per heavy atom. The summed E-state index contributed by atoms with van der Waals surface area (Å²) >= 11 is 0. The van der Waals surface area contributed by atoms with Gasteiger partial charge in [0.2, 0.25) is 0 Å². The standard InChI is InChI=1S/C10H21N5/c1-4-5-6-7-8-15-10(9(2)11-3)12-13-14-15/h9,11H,4-8H2,1-3H3. The number of nitrogens with zero attached hydrogens (tertiary/aromatic N) is 4. The molecule has 0 aliphatic heterocycles. The first-order valence-corrected chi connectivity index (χ1v) is 5.73. The van der Waals surface area contributed by atoms with Crippen molar-refractivity contribution in [1.82, 2.24) is 25.5 Å². The fraction of sp³-hybridized carbons (Fsp3) is 0.900. The van der Waals surface area contributed by atoms with E-state index in [1.165, 1.54) is 19.3 Å². The number of hydrogen-bond acceptors (Lipinski definition) is 4. The van der Waals surface area contributed by atoms with Crippen LogP contribution in [0.15, 0.2) is 0 Å². The summed E-state index contributed by atoms with van der Waals surface area (Å²) in [4.78, 5) is 0. The van der Waals surface area contributed by atoms with Crippen LogP contribution in [0.3, 0.4) is 0 Å². The van der Waals surface area contributed by atoms with Gasteiger partial charge in [-0.2, -0.15) is 0 Å². The van der Waals surface area contributed by atoms with E-state index in [2.05, 4.69) is 34.7 Å². The molecular formula is C10H21N5. The van der Waals surface area contributed by atoms with Crippen LogP contribution >= 0.6 is 0 Å². The van der Waals surface area contributed by atoms with Gasteiger partial charge >= 0.3 is 0 Å². The van der Waals surface area contributed by atoms with E-state index in [4.69, 9.17) is 0 Å². The molecule has 1 heterocycles. The molecule has 1 rings (SSSR count). The minimum atomic E-state index is 0.214. The summed E-state index contributed by atoms with van der Waals surface area (Å²) < 4.78 is 1.90. The van der Waals surface area contributed by atoms with Crippen LogP contribution in [0.2, 0.25) is 0 Å². The monoisotopic (exact) mass is 211 g/mol. The lowest BCUT2D eigenvalue weighted by molar-refractivity contribution is 0.481. The van der Waals surface area contributed by atoms with E-state index in [1.54, 1.807) is 0 Å². The second-order valence-electron chi connectivity index (χ2n) is 3.83. The first-order valence-electron chi connectivity index (χ1n) is 5.73. The summed E-state index contributed by atoms with van der Waals surface area (Å²) in [7, 11) is 1.92. The Morgan fingerprint density at radius 1 is 1.33 bits per heavy atom. The molecule has 1 aromatic heterocycles. The molecule has 0 fully saturated rings. The predicted molar refractivity (Wildman–Crippen MR) is 59.4 cm³/mol. The number of unbranched alkanes of at least 4 members (excludes halogenated alkanes) is 3. The summed E-state index contributed by atoms with van der Waals surface area (Å²) in [6, 6.07) is 0.214. The lowest BCUT2D eigenvalue weighted by atomic mass is 10.2. The zero-order valence-electron chi connectivity index (χ0n) is 9.90. The van der Waals surface area contributed by atoms with Gasteiger partial charge < -0.3 is 5.32 Å². The fourth-order valence-electron chi connectivity index (χ4n) is 1.50. The topological polar surface area (TPSA) is 55.6 Å². The molecule has 5 heteroatoms. The van der Waals surface area contributed by atoms with Gasteiger partial charge in [-0.05, 0) is 30.8 Å². The molecule has 1 aromatic rings. The third-order valence-electron chi connectivity index (χ3n) is 2.60. The van der Waals surface area contributed by atoms with Crippen LogP contribution in [-0.2, 0) is 6.54 Å². The Hall–Kier alpha value is -0.970. The van der Waals surface area contributed by atoms with Crippen molar-refractivity contribution >= 4 is 0 Å². The normalized spacial score (nSPS) is 13.0. The van der Waals surface area contributed by atoms with E-state index in [0.29, 0.717) is 0 Å². The maximum absolute atomic E-state index is 4.03. The van der Waals surface area contributed by atoms with Crippen LogP contribution in [0.25, 0.3) is 0 Å². The van der Waals surface area contributed by atoms with Crippen LogP contribution in [0, 0.1) is 0 Å². The zero-order chi connectivity index (χ0) is 11.1. The van der Waals surface area contributed by atoms with Crippen molar-refractivity contribution in [3.8, 4) is 0 Å². The van der Waals surface area contributed by atoms with Crippen molar-refractivity contribution in [2.75, 3.05) is 7.05 Å². The molecule has 1 unspecified atom stereocenters. The lowest BCUT2D eigenvalue weighted by Gasteiger charge is -2.09. The number of rotatable bonds is 7. The van der Waals surface area contributed by atoms with Crippen molar-refractivity contribution in [3.05, 3.63) is 5.82 Å². The molecule has 0 aliphatic rings. The third-order valence-corrected chi connectivity index (χ3v) is 2.60. The van der Waals surface area contributed by atoms with Gasteiger partial charge in [0.05, 0.1) is 6.04 Å². The van der Waals surface area contributed by atoms with Gasteiger partial charge in [-0.25, -0.2) is 4.68 Å². The minimum Gasteiger partial charge on any atom is -0.311 e. The highest BCUT2D eigenvalue weighted by molar-refractivity contribution is 4.88. The molecule has 0 radical (unpaired) electrons. The maximum Gasteiger partial charge on any atom is 0.167 e. The molecule has 0 saturated heterocycles. The minimum absolute atomic E-state index is 0.214. The van der Waals surface area contributed by atoms with Crippen LogP contribution in [0.4, 0.5) is 0 Å². The quantitative estimate of drug-likeness (QED) is 0.695. The van der Waals surface area contributed by atoms with Gasteiger partial charge in [-0.1, -0.05) is 26.2 Å².